The lowest BCUT2D eigenvalue weighted by Gasteiger charge is -2.17. The largest absolute Gasteiger partial charge is 0.435 e. The lowest BCUT2D eigenvalue weighted by molar-refractivity contribution is -0.132. The fraction of sp³-hybridized carbons (Fsp3) is 0.273. The molecule has 3 aromatic heterocycles. The Morgan fingerprint density at radius 1 is 1.19 bits per heavy atom. The molecule has 4 heterocycles. The minimum Gasteiger partial charge on any atom is -0.435 e. The van der Waals surface area contributed by atoms with Crippen molar-refractivity contribution in [3.8, 4) is 17.0 Å². The van der Waals surface area contributed by atoms with Crippen molar-refractivity contribution in [2.24, 2.45) is 7.05 Å². The fourth-order valence-corrected chi connectivity index (χ4v) is 4.09. The molecule has 0 radical (unpaired) electrons. The summed E-state index contributed by atoms with van der Waals surface area (Å²) in [5, 5.41) is 28.8. The van der Waals surface area contributed by atoms with Crippen molar-refractivity contribution < 1.29 is 33.3 Å². The molecule has 0 saturated carbocycles. The molecular weight excluding hydrogens is 480 g/mol. The molecule has 5 rings (SSSR count). The van der Waals surface area contributed by atoms with Crippen LogP contribution >= 0.6 is 0 Å². The third-order valence-corrected chi connectivity index (χ3v) is 5.75. The van der Waals surface area contributed by atoms with Gasteiger partial charge in [-0.05, 0) is 30.3 Å². The second-order valence-corrected chi connectivity index (χ2v) is 8.10. The highest BCUT2D eigenvalue weighted by Crippen LogP contribution is 2.38. The zero-order chi connectivity index (χ0) is 25.6. The molecule has 4 aromatic rings. The molecule has 0 unspecified atom stereocenters. The van der Waals surface area contributed by atoms with Crippen LogP contribution in [0.1, 0.15) is 6.23 Å². The Labute approximate surface area is 201 Å². The first-order chi connectivity index (χ1) is 17.2. The molecule has 1 aliphatic heterocycles. The number of nitrogen functional groups attached to an aromatic ring is 1. The maximum atomic E-state index is 12.8. The van der Waals surface area contributed by atoms with Crippen molar-refractivity contribution >= 4 is 28.4 Å². The Balaban J connectivity index is 1.41. The first-order valence-electron chi connectivity index (χ1n) is 10.7. The average molecular weight is 501 g/mol. The van der Waals surface area contributed by atoms with Gasteiger partial charge in [-0.2, -0.15) is 13.9 Å². The van der Waals surface area contributed by atoms with Crippen molar-refractivity contribution in [2.75, 3.05) is 11.1 Å². The molecule has 1 amide bonds. The van der Waals surface area contributed by atoms with Gasteiger partial charge < -0.3 is 35.3 Å². The van der Waals surface area contributed by atoms with E-state index in [1.54, 1.807) is 30.2 Å². The summed E-state index contributed by atoms with van der Waals surface area (Å²) >= 11 is 0. The Kier molecular flexibility index (Phi) is 5.99. The Bertz CT molecular complexity index is 1410. The van der Waals surface area contributed by atoms with E-state index in [9.17, 15) is 23.8 Å². The highest BCUT2D eigenvalue weighted by atomic mass is 19.3. The molecule has 0 bridgehead atoms. The lowest BCUT2D eigenvalue weighted by atomic mass is 10.1. The van der Waals surface area contributed by atoms with Gasteiger partial charge in [0, 0.05) is 30.7 Å². The van der Waals surface area contributed by atoms with Gasteiger partial charge in [-0.15, -0.1) is 0 Å². The van der Waals surface area contributed by atoms with Crippen LogP contribution in [0, 0.1) is 0 Å². The van der Waals surface area contributed by atoms with Crippen LogP contribution in [-0.2, 0) is 16.6 Å². The number of carbonyl (C=O) groups excluding carboxylic acids is 1. The van der Waals surface area contributed by atoms with Gasteiger partial charge in [0.15, 0.2) is 12.3 Å². The van der Waals surface area contributed by atoms with Gasteiger partial charge in [-0.1, -0.05) is 0 Å². The number of alkyl halides is 2. The molecule has 36 heavy (non-hydrogen) atoms. The number of nitrogens with one attached hydrogen (secondary N) is 1. The lowest BCUT2D eigenvalue weighted by Crippen LogP contribution is -2.39. The summed E-state index contributed by atoms with van der Waals surface area (Å²) in [5.74, 6) is -0.650. The summed E-state index contributed by atoms with van der Waals surface area (Å²) in [5.41, 5.74) is 7.82. The molecule has 1 saturated heterocycles. The minimum atomic E-state index is -2.98. The fourth-order valence-electron chi connectivity index (χ4n) is 4.09. The highest BCUT2D eigenvalue weighted by Gasteiger charge is 2.48. The number of aliphatic hydroxyl groups excluding tert-OH is 2. The molecule has 1 fully saturated rings. The topological polar surface area (TPSA) is 163 Å². The van der Waals surface area contributed by atoms with E-state index < -0.39 is 37.1 Å². The Morgan fingerprint density at radius 3 is 2.61 bits per heavy atom. The number of halogens is 2. The minimum absolute atomic E-state index is 0.0832. The van der Waals surface area contributed by atoms with Gasteiger partial charge in [0.25, 0.3) is 5.91 Å². The molecule has 0 aliphatic carbocycles. The molecule has 1 aromatic carbocycles. The number of ether oxygens (including phenoxy) is 2. The number of aromatic nitrogens is 5. The van der Waals surface area contributed by atoms with Crippen LogP contribution in [-0.4, -0.2) is 65.4 Å². The first kappa shape index (κ1) is 23.6. The van der Waals surface area contributed by atoms with Crippen LogP contribution in [0.4, 0.5) is 20.3 Å². The maximum absolute atomic E-state index is 12.8. The summed E-state index contributed by atoms with van der Waals surface area (Å²) in [7, 11) is 1.76. The molecule has 0 spiro atoms. The molecule has 5 N–H and O–H groups in total. The van der Waals surface area contributed by atoms with Gasteiger partial charge in [-0.25, -0.2) is 9.97 Å². The Hall–Kier alpha value is -4.14. The van der Waals surface area contributed by atoms with Crippen LogP contribution in [0.25, 0.3) is 22.3 Å². The van der Waals surface area contributed by atoms with Crippen molar-refractivity contribution in [3.05, 3.63) is 49.1 Å². The number of hydrogen-bond acceptors (Lipinski definition) is 9. The summed E-state index contributed by atoms with van der Waals surface area (Å²) in [4.78, 5) is 21.1. The van der Waals surface area contributed by atoms with Crippen LogP contribution in [0.2, 0.25) is 0 Å². The second kappa shape index (κ2) is 9.14. The third kappa shape index (κ3) is 4.21. The van der Waals surface area contributed by atoms with Gasteiger partial charge in [0.2, 0.25) is 0 Å². The Morgan fingerprint density at radius 2 is 1.94 bits per heavy atom. The number of hydrogen-bond donors (Lipinski definition) is 4. The van der Waals surface area contributed by atoms with E-state index in [2.05, 4.69) is 25.1 Å². The van der Waals surface area contributed by atoms with Crippen LogP contribution in [0.5, 0.6) is 5.75 Å². The third-order valence-electron chi connectivity index (χ3n) is 5.75. The molecule has 4 atom stereocenters. The van der Waals surface area contributed by atoms with Crippen molar-refractivity contribution in [3.63, 3.8) is 0 Å². The van der Waals surface area contributed by atoms with Crippen LogP contribution in [0.3, 0.4) is 0 Å². The van der Waals surface area contributed by atoms with Gasteiger partial charge >= 0.3 is 6.61 Å². The second-order valence-electron chi connectivity index (χ2n) is 8.10. The van der Waals surface area contributed by atoms with E-state index in [1.165, 1.54) is 35.2 Å². The van der Waals surface area contributed by atoms with E-state index in [1.807, 2.05) is 0 Å². The smallest absolute Gasteiger partial charge is 0.387 e. The summed E-state index contributed by atoms with van der Waals surface area (Å²) in [6, 6.07) is 6.97. The summed E-state index contributed by atoms with van der Waals surface area (Å²) in [6.45, 7) is -2.98. The normalized spacial score (nSPS) is 21.8. The number of aliphatic hydroxyl groups is 2. The average Bonchev–Trinajstić information content (AvgIpc) is 3.51. The number of fused-ring (bicyclic) bond motifs is 1. The van der Waals surface area contributed by atoms with Gasteiger partial charge in [0.05, 0.1) is 11.1 Å². The maximum Gasteiger partial charge on any atom is 0.387 e. The van der Waals surface area contributed by atoms with Gasteiger partial charge in [-0.3, -0.25) is 9.48 Å². The molecule has 188 valence electrons. The number of anilines is 2. The number of aryl methyl sites for hydroxylation is 1. The SMILES string of the molecule is Cn1ccc(-c2cn([C@@H]3O[C@H](C(=O)Nc4ccc(OC(F)F)cc4)[C@@H](O)[C@H]3O)c3ncnc(N)c23)n1. The molecular formula is C22H21F2N7O5. The van der Waals surface area contributed by atoms with E-state index in [-0.39, 0.29) is 17.3 Å². The monoisotopic (exact) mass is 501 g/mol. The predicted octanol–water partition coefficient (Wildman–Crippen LogP) is 1.27. The van der Waals surface area contributed by atoms with Crippen LogP contribution in [0.15, 0.2) is 49.1 Å². The first-order valence-corrected chi connectivity index (χ1v) is 10.7. The zero-order valence-corrected chi connectivity index (χ0v) is 18.7. The van der Waals surface area contributed by atoms with E-state index in [4.69, 9.17) is 10.5 Å². The quantitative estimate of drug-likeness (QED) is 0.305. The highest BCUT2D eigenvalue weighted by molar-refractivity contribution is 6.00. The molecule has 14 heteroatoms. The number of nitrogens with two attached hydrogens (primary N) is 1. The van der Waals surface area contributed by atoms with Crippen molar-refractivity contribution in [1.29, 1.82) is 0 Å². The number of carbonyl (C=O) groups is 1. The number of rotatable bonds is 6. The van der Waals surface area contributed by atoms with Crippen molar-refractivity contribution in [2.45, 2.75) is 31.2 Å². The predicted molar refractivity (Wildman–Crippen MR) is 122 cm³/mol. The van der Waals surface area contributed by atoms with E-state index >= 15 is 0 Å². The van der Waals surface area contributed by atoms with E-state index in [0.717, 1.165) is 0 Å². The molecule has 1 aliphatic rings. The van der Waals surface area contributed by atoms with E-state index in [0.29, 0.717) is 22.3 Å². The number of nitrogens with zero attached hydrogens (tertiary/aromatic N) is 5. The van der Waals surface area contributed by atoms with Crippen LogP contribution < -0.4 is 15.8 Å². The number of amides is 1. The summed E-state index contributed by atoms with van der Waals surface area (Å²) in [6.07, 6.45) is -1.10. The molecule has 12 nitrogen and oxygen atoms in total. The van der Waals surface area contributed by atoms with Crippen molar-refractivity contribution in [1.82, 2.24) is 24.3 Å². The summed E-state index contributed by atoms with van der Waals surface area (Å²) < 4.78 is 37.8. The van der Waals surface area contributed by atoms with Gasteiger partial charge in [0.1, 0.15) is 35.7 Å². The number of benzene rings is 1. The zero-order valence-electron chi connectivity index (χ0n) is 18.7. The standard InChI is InChI=1S/C22H21F2N7O5/c1-30-7-6-13(29-30)12-8-31(19-14(12)18(25)26-9-27-19)21-16(33)15(32)17(36-21)20(34)28-10-2-4-11(5-3-10)35-22(23)24/h2-9,15-17,21-22,32-33H,1H3,(H,28,34)(H2,25,26,27)/t15-,16+,17-,21+/m0/s1.